The van der Waals surface area contributed by atoms with E-state index in [0.717, 1.165) is 0 Å². The second-order valence-electron chi connectivity index (χ2n) is 7.05. The van der Waals surface area contributed by atoms with Gasteiger partial charge in [0, 0.05) is 22.7 Å². The van der Waals surface area contributed by atoms with Gasteiger partial charge in [-0.15, -0.1) is 0 Å². The number of amides is 2. The Kier molecular flexibility index (Phi) is 6.50. The molecule has 2 rings (SSSR count). The first-order chi connectivity index (χ1) is 12.7. The second-order valence-corrected chi connectivity index (χ2v) is 7.48. The van der Waals surface area contributed by atoms with E-state index in [1.165, 1.54) is 10.0 Å². The molecule has 0 bridgehead atoms. The average Bonchev–Trinajstić information content (AvgIpc) is 2.64. The minimum absolute atomic E-state index is 0.264. The summed E-state index contributed by atoms with van der Waals surface area (Å²) in [4.78, 5) is 26.4. The molecule has 0 saturated carbocycles. The molecule has 144 valence electrons. The number of ether oxygens (including phenoxy) is 1. The van der Waals surface area contributed by atoms with Gasteiger partial charge < -0.3 is 4.74 Å². The molecular formula is C21H25ClN2O3. The highest BCUT2D eigenvalue weighted by atomic mass is 35.5. The van der Waals surface area contributed by atoms with E-state index < -0.39 is 5.54 Å². The molecule has 0 aliphatic rings. The van der Waals surface area contributed by atoms with Crippen LogP contribution in [0.5, 0.6) is 5.75 Å². The van der Waals surface area contributed by atoms with Crippen LogP contribution in [0.4, 0.5) is 0 Å². The van der Waals surface area contributed by atoms with Gasteiger partial charge >= 0.3 is 0 Å². The molecule has 2 aromatic carbocycles. The maximum Gasteiger partial charge on any atom is 0.273 e. The zero-order valence-corrected chi connectivity index (χ0v) is 17.1. The second kappa shape index (κ2) is 8.44. The van der Waals surface area contributed by atoms with Crippen molar-refractivity contribution in [3.63, 3.8) is 0 Å². The summed E-state index contributed by atoms with van der Waals surface area (Å²) in [6, 6.07) is 13.5. The van der Waals surface area contributed by atoms with Gasteiger partial charge in [0.1, 0.15) is 5.75 Å². The van der Waals surface area contributed by atoms with Crippen molar-refractivity contribution < 1.29 is 14.3 Å². The fraction of sp³-hybridized carbons (Fsp3) is 0.333. The highest BCUT2D eigenvalue weighted by molar-refractivity contribution is 6.30. The Morgan fingerprint density at radius 2 is 1.63 bits per heavy atom. The molecule has 0 heterocycles. The summed E-state index contributed by atoms with van der Waals surface area (Å²) in [5.74, 6) is 0.0488. The molecular weight excluding hydrogens is 364 g/mol. The summed E-state index contributed by atoms with van der Waals surface area (Å²) < 4.78 is 5.22. The standard InChI is InChI=1S/C21H25ClN2O3/c1-6-23(19(25)15-10-12-17(22)13-11-15)24(21(2,3)4)20(26)16-8-7-9-18(14-16)27-5/h7-14H,6H2,1-5H3. The number of nitrogens with zero attached hydrogens (tertiary/aromatic N) is 2. The first-order valence-corrected chi connectivity index (χ1v) is 9.12. The summed E-state index contributed by atoms with van der Waals surface area (Å²) in [5, 5.41) is 3.51. The maximum absolute atomic E-state index is 13.3. The molecule has 0 aromatic heterocycles. The molecule has 0 N–H and O–H groups in total. The lowest BCUT2D eigenvalue weighted by atomic mass is 10.1. The Labute approximate surface area is 165 Å². The van der Waals surface area contributed by atoms with Crippen molar-refractivity contribution in [1.29, 1.82) is 0 Å². The van der Waals surface area contributed by atoms with Crippen LogP contribution in [0, 0.1) is 0 Å². The van der Waals surface area contributed by atoms with Gasteiger partial charge in [0.15, 0.2) is 0 Å². The van der Waals surface area contributed by atoms with E-state index in [1.54, 1.807) is 55.6 Å². The lowest BCUT2D eigenvalue weighted by Crippen LogP contribution is -2.58. The number of rotatable bonds is 4. The third-order valence-electron chi connectivity index (χ3n) is 4.01. The number of carbonyl (C=O) groups is 2. The highest BCUT2D eigenvalue weighted by Crippen LogP contribution is 2.24. The Balaban J connectivity index is 2.45. The van der Waals surface area contributed by atoms with Crippen LogP contribution in [-0.2, 0) is 0 Å². The highest BCUT2D eigenvalue weighted by Gasteiger charge is 2.35. The molecule has 6 heteroatoms. The predicted molar refractivity (Wildman–Crippen MR) is 107 cm³/mol. The first-order valence-electron chi connectivity index (χ1n) is 8.75. The van der Waals surface area contributed by atoms with Gasteiger partial charge in [-0.3, -0.25) is 9.59 Å². The van der Waals surface area contributed by atoms with Crippen molar-refractivity contribution in [2.24, 2.45) is 0 Å². The molecule has 0 spiro atoms. The van der Waals surface area contributed by atoms with Crippen LogP contribution in [-0.4, -0.2) is 41.0 Å². The van der Waals surface area contributed by atoms with Crippen LogP contribution in [0.3, 0.4) is 0 Å². The van der Waals surface area contributed by atoms with Gasteiger partial charge in [-0.1, -0.05) is 17.7 Å². The van der Waals surface area contributed by atoms with Crippen LogP contribution >= 0.6 is 11.6 Å². The van der Waals surface area contributed by atoms with E-state index >= 15 is 0 Å². The van der Waals surface area contributed by atoms with Crippen LogP contribution in [0.2, 0.25) is 5.02 Å². The van der Waals surface area contributed by atoms with Crippen LogP contribution in [0.1, 0.15) is 48.4 Å². The van der Waals surface area contributed by atoms with Crippen molar-refractivity contribution in [3.05, 3.63) is 64.7 Å². The van der Waals surface area contributed by atoms with E-state index in [9.17, 15) is 9.59 Å². The van der Waals surface area contributed by atoms with E-state index in [4.69, 9.17) is 16.3 Å². The molecule has 27 heavy (non-hydrogen) atoms. The summed E-state index contributed by atoms with van der Waals surface area (Å²) in [5.41, 5.74) is 0.304. The van der Waals surface area contributed by atoms with Gasteiger partial charge in [-0.25, -0.2) is 10.0 Å². The quantitative estimate of drug-likeness (QED) is 0.715. The van der Waals surface area contributed by atoms with Gasteiger partial charge in [-0.2, -0.15) is 0 Å². The van der Waals surface area contributed by atoms with E-state index in [2.05, 4.69) is 0 Å². The summed E-state index contributed by atoms with van der Waals surface area (Å²) in [6.07, 6.45) is 0. The van der Waals surface area contributed by atoms with Gasteiger partial charge in [0.05, 0.1) is 12.6 Å². The molecule has 0 aliphatic carbocycles. The van der Waals surface area contributed by atoms with Crippen molar-refractivity contribution in [1.82, 2.24) is 10.0 Å². The number of halogens is 1. The number of carbonyl (C=O) groups excluding carboxylic acids is 2. The Morgan fingerprint density at radius 1 is 1.00 bits per heavy atom. The van der Waals surface area contributed by atoms with Gasteiger partial charge in [0.25, 0.3) is 11.8 Å². The summed E-state index contributed by atoms with van der Waals surface area (Å²) in [6.45, 7) is 7.86. The zero-order chi connectivity index (χ0) is 20.2. The van der Waals surface area contributed by atoms with Crippen LogP contribution in [0.25, 0.3) is 0 Å². The molecule has 2 aromatic rings. The monoisotopic (exact) mass is 388 g/mol. The van der Waals surface area contributed by atoms with E-state index in [1.807, 2.05) is 27.7 Å². The SMILES string of the molecule is CCN(C(=O)c1ccc(Cl)cc1)N(C(=O)c1cccc(OC)c1)C(C)(C)C. The van der Waals surface area contributed by atoms with E-state index in [0.29, 0.717) is 28.4 Å². The molecule has 5 nitrogen and oxygen atoms in total. The third-order valence-corrected chi connectivity index (χ3v) is 4.26. The predicted octanol–water partition coefficient (Wildman–Crippen LogP) is 4.67. The van der Waals surface area contributed by atoms with Gasteiger partial charge in [-0.05, 0) is 70.2 Å². The number of hydrogen-bond acceptors (Lipinski definition) is 3. The lowest BCUT2D eigenvalue weighted by molar-refractivity contribution is -0.0411. The largest absolute Gasteiger partial charge is 0.497 e. The minimum Gasteiger partial charge on any atom is -0.497 e. The number of hydrazine groups is 1. The van der Waals surface area contributed by atoms with E-state index in [-0.39, 0.29) is 11.8 Å². The van der Waals surface area contributed by atoms with Crippen molar-refractivity contribution >= 4 is 23.4 Å². The molecule has 0 radical (unpaired) electrons. The number of methoxy groups -OCH3 is 1. The molecule has 0 fully saturated rings. The van der Waals surface area contributed by atoms with Crippen molar-refractivity contribution in [3.8, 4) is 5.75 Å². The van der Waals surface area contributed by atoms with Crippen LogP contribution in [0.15, 0.2) is 48.5 Å². The van der Waals surface area contributed by atoms with Crippen LogP contribution < -0.4 is 4.74 Å². The summed E-state index contributed by atoms with van der Waals surface area (Å²) >= 11 is 5.92. The van der Waals surface area contributed by atoms with Gasteiger partial charge in [0.2, 0.25) is 0 Å². The fourth-order valence-electron chi connectivity index (χ4n) is 2.77. The Hall–Kier alpha value is -2.53. The summed E-state index contributed by atoms with van der Waals surface area (Å²) in [7, 11) is 1.55. The average molecular weight is 389 g/mol. The normalized spacial score (nSPS) is 11.0. The lowest BCUT2D eigenvalue weighted by Gasteiger charge is -2.43. The maximum atomic E-state index is 13.3. The minimum atomic E-state index is -0.613. The molecule has 2 amide bonds. The zero-order valence-electron chi connectivity index (χ0n) is 16.3. The smallest absolute Gasteiger partial charge is 0.273 e. The topological polar surface area (TPSA) is 49.9 Å². The Bertz CT molecular complexity index is 813. The van der Waals surface area contributed by atoms with Crippen molar-refractivity contribution in [2.75, 3.05) is 13.7 Å². The Morgan fingerprint density at radius 3 is 2.15 bits per heavy atom. The number of benzene rings is 2. The number of hydrogen-bond donors (Lipinski definition) is 0. The third kappa shape index (κ3) is 4.80. The molecule has 0 unspecified atom stereocenters. The molecule has 0 saturated heterocycles. The fourth-order valence-corrected chi connectivity index (χ4v) is 2.90. The molecule has 0 atom stereocenters. The first kappa shape index (κ1) is 20.8. The van der Waals surface area contributed by atoms with Crippen molar-refractivity contribution in [2.45, 2.75) is 33.2 Å². The molecule has 0 aliphatic heterocycles.